The van der Waals surface area contributed by atoms with E-state index in [9.17, 15) is 14.0 Å². The molecule has 0 saturated carbocycles. The summed E-state index contributed by atoms with van der Waals surface area (Å²) < 4.78 is 14.3. The van der Waals surface area contributed by atoms with Crippen molar-refractivity contribution in [1.82, 2.24) is 4.57 Å². The molecule has 2 aromatic rings. The van der Waals surface area contributed by atoms with Crippen LogP contribution in [0.15, 0.2) is 30.5 Å². The van der Waals surface area contributed by atoms with E-state index in [1.54, 1.807) is 12.1 Å². The van der Waals surface area contributed by atoms with Crippen LogP contribution in [-0.4, -0.2) is 21.6 Å². The molecule has 88 valence electrons. The predicted molar refractivity (Wildman–Crippen MR) is 59.4 cm³/mol. The van der Waals surface area contributed by atoms with Gasteiger partial charge in [0, 0.05) is 18.0 Å². The van der Waals surface area contributed by atoms with E-state index in [0.717, 1.165) is 5.39 Å². The van der Waals surface area contributed by atoms with Gasteiger partial charge in [0.05, 0.1) is 11.9 Å². The van der Waals surface area contributed by atoms with Gasteiger partial charge in [-0.2, -0.15) is 0 Å². The van der Waals surface area contributed by atoms with Crippen molar-refractivity contribution in [2.75, 3.05) is 0 Å². The topological polar surface area (TPSA) is 59.3 Å². The van der Waals surface area contributed by atoms with E-state index in [1.807, 2.05) is 0 Å². The van der Waals surface area contributed by atoms with Crippen LogP contribution in [0, 0.1) is 5.82 Å². The van der Waals surface area contributed by atoms with Gasteiger partial charge >= 0.3 is 5.97 Å². The number of aliphatic carboxylic acids is 1. The van der Waals surface area contributed by atoms with Crippen molar-refractivity contribution in [1.29, 1.82) is 0 Å². The summed E-state index contributed by atoms with van der Waals surface area (Å²) in [5.74, 6) is -1.81. The molecule has 0 radical (unpaired) electrons. The summed E-state index contributed by atoms with van der Waals surface area (Å²) in [6.45, 7) is 0. The van der Waals surface area contributed by atoms with Crippen molar-refractivity contribution in [3.05, 3.63) is 36.3 Å². The van der Waals surface area contributed by atoms with E-state index in [1.165, 1.54) is 22.9 Å². The second-order valence-electron chi connectivity index (χ2n) is 3.68. The smallest absolute Gasteiger partial charge is 0.303 e. The zero-order valence-corrected chi connectivity index (χ0v) is 8.89. The number of fused-ring (bicyclic) bond motifs is 1. The maximum absolute atomic E-state index is 13.1. The first kappa shape index (κ1) is 11.3. The molecule has 0 atom stereocenters. The normalized spacial score (nSPS) is 10.6. The summed E-state index contributed by atoms with van der Waals surface area (Å²) in [6, 6.07) is 5.83. The Balaban J connectivity index is 2.32. The molecule has 0 aliphatic rings. The highest BCUT2D eigenvalue weighted by atomic mass is 19.1. The summed E-state index contributed by atoms with van der Waals surface area (Å²) in [7, 11) is 0. The zero-order valence-electron chi connectivity index (χ0n) is 8.89. The molecule has 1 aromatic heterocycles. The Hall–Kier alpha value is -2.17. The van der Waals surface area contributed by atoms with Gasteiger partial charge in [-0.15, -0.1) is 0 Å². The second kappa shape index (κ2) is 4.37. The molecule has 0 amide bonds. The molecule has 4 nitrogen and oxygen atoms in total. The van der Waals surface area contributed by atoms with Crippen LogP contribution >= 0.6 is 0 Å². The van der Waals surface area contributed by atoms with E-state index in [4.69, 9.17) is 5.11 Å². The van der Waals surface area contributed by atoms with Crippen LogP contribution in [0.1, 0.15) is 17.6 Å². The van der Waals surface area contributed by atoms with Crippen LogP contribution in [0.2, 0.25) is 0 Å². The molecule has 0 unspecified atom stereocenters. The number of carbonyl (C=O) groups excluding carboxylic acids is 1. The Morgan fingerprint density at radius 2 is 2.00 bits per heavy atom. The minimum Gasteiger partial charge on any atom is -0.481 e. The van der Waals surface area contributed by atoms with Gasteiger partial charge in [-0.3, -0.25) is 14.2 Å². The van der Waals surface area contributed by atoms with Gasteiger partial charge < -0.3 is 5.11 Å². The first-order chi connectivity index (χ1) is 8.08. The Morgan fingerprint density at radius 3 is 2.71 bits per heavy atom. The molecule has 0 fully saturated rings. The van der Waals surface area contributed by atoms with Gasteiger partial charge in [-0.25, -0.2) is 4.39 Å². The van der Waals surface area contributed by atoms with Crippen LogP contribution < -0.4 is 0 Å². The van der Waals surface area contributed by atoms with Crippen molar-refractivity contribution < 1.29 is 19.1 Å². The lowest BCUT2D eigenvalue weighted by atomic mass is 10.2. The minimum atomic E-state index is -1.03. The monoisotopic (exact) mass is 235 g/mol. The molecule has 0 bridgehead atoms. The van der Waals surface area contributed by atoms with E-state index >= 15 is 0 Å². The Bertz CT molecular complexity index is 588. The quantitative estimate of drug-likeness (QED) is 0.887. The van der Waals surface area contributed by atoms with Crippen molar-refractivity contribution in [3.63, 3.8) is 0 Å². The van der Waals surface area contributed by atoms with Gasteiger partial charge in [-0.1, -0.05) is 0 Å². The fraction of sp³-hybridized carbons (Fsp3) is 0.167. The number of aromatic nitrogens is 1. The molecule has 0 saturated heterocycles. The summed E-state index contributed by atoms with van der Waals surface area (Å²) in [5, 5.41) is 9.24. The lowest BCUT2D eigenvalue weighted by Gasteiger charge is -2.02. The van der Waals surface area contributed by atoms with E-state index in [-0.39, 0.29) is 18.7 Å². The van der Waals surface area contributed by atoms with Crippen molar-refractivity contribution in [3.8, 4) is 0 Å². The summed E-state index contributed by atoms with van der Waals surface area (Å²) in [5.41, 5.74) is 0.459. The molecule has 1 heterocycles. The highest BCUT2D eigenvalue weighted by Gasteiger charge is 2.11. The van der Waals surface area contributed by atoms with Crippen LogP contribution in [0.3, 0.4) is 0 Å². The Kier molecular flexibility index (Phi) is 2.91. The van der Waals surface area contributed by atoms with Gasteiger partial charge in [0.1, 0.15) is 5.82 Å². The fourth-order valence-corrected chi connectivity index (χ4v) is 1.65. The van der Waals surface area contributed by atoms with Gasteiger partial charge in [0.25, 0.3) is 0 Å². The number of nitrogens with zero attached hydrogens (tertiary/aromatic N) is 1. The van der Waals surface area contributed by atoms with Gasteiger partial charge in [0.2, 0.25) is 5.91 Å². The molecule has 0 aliphatic carbocycles. The average molecular weight is 235 g/mol. The maximum atomic E-state index is 13.1. The van der Waals surface area contributed by atoms with Crippen LogP contribution in [0.5, 0.6) is 0 Å². The molecule has 5 heteroatoms. The third-order valence-electron chi connectivity index (χ3n) is 2.48. The summed E-state index contributed by atoms with van der Waals surface area (Å²) in [6.07, 6.45) is 1.19. The standard InChI is InChI=1S/C12H10FNO3/c13-9-2-1-8-5-6-14(10(8)7-9)11(15)3-4-12(16)17/h1-2,5-7H,3-4H2,(H,16,17). The largest absolute Gasteiger partial charge is 0.481 e. The minimum absolute atomic E-state index is 0.102. The number of benzene rings is 1. The highest BCUT2D eigenvalue weighted by molar-refractivity contribution is 5.93. The van der Waals surface area contributed by atoms with Crippen LogP contribution in [0.25, 0.3) is 10.9 Å². The number of carboxylic acids is 1. The first-order valence-electron chi connectivity index (χ1n) is 5.09. The molecular weight excluding hydrogens is 225 g/mol. The maximum Gasteiger partial charge on any atom is 0.303 e. The number of hydrogen-bond donors (Lipinski definition) is 1. The van der Waals surface area contributed by atoms with Gasteiger partial charge in [0.15, 0.2) is 0 Å². The van der Waals surface area contributed by atoms with E-state index < -0.39 is 11.8 Å². The SMILES string of the molecule is O=C(O)CCC(=O)n1ccc2ccc(F)cc21. The van der Waals surface area contributed by atoms with E-state index in [2.05, 4.69) is 0 Å². The molecule has 1 N–H and O–H groups in total. The molecule has 2 rings (SSSR count). The zero-order chi connectivity index (χ0) is 12.4. The Morgan fingerprint density at radius 1 is 1.24 bits per heavy atom. The molecule has 0 spiro atoms. The number of hydrogen-bond acceptors (Lipinski definition) is 2. The summed E-state index contributed by atoms with van der Waals surface area (Å²) in [4.78, 5) is 22.1. The lowest BCUT2D eigenvalue weighted by Crippen LogP contribution is -2.11. The third-order valence-corrected chi connectivity index (χ3v) is 2.48. The number of carbonyl (C=O) groups is 2. The molecule has 17 heavy (non-hydrogen) atoms. The van der Waals surface area contributed by atoms with Crippen LogP contribution in [0.4, 0.5) is 4.39 Å². The number of rotatable bonds is 3. The van der Waals surface area contributed by atoms with Crippen LogP contribution in [-0.2, 0) is 4.79 Å². The second-order valence-corrected chi connectivity index (χ2v) is 3.68. The van der Waals surface area contributed by atoms with Crippen molar-refractivity contribution in [2.24, 2.45) is 0 Å². The lowest BCUT2D eigenvalue weighted by molar-refractivity contribution is -0.136. The predicted octanol–water partition coefficient (Wildman–Crippen LogP) is 2.29. The molecule has 1 aromatic carbocycles. The van der Waals surface area contributed by atoms with Crippen molar-refractivity contribution >= 4 is 22.8 Å². The number of carboxylic acid groups (broad SMARTS) is 1. The number of halogens is 1. The average Bonchev–Trinajstić information content (AvgIpc) is 2.68. The molecule has 0 aliphatic heterocycles. The highest BCUT2D eigenvalue weighted by Crippen LogP contribution is 2.17. The third kappa shape index (κ3) is 2.33. The van der Waals surface area contributed by atoms with Crippen molar-refractivity contribution in [2.45, 2.75) is 12.8 Å². The first-order valence-corrected chi connectivity index (χ1v) is 5.09. The summed E-state index contributed by atoms with van der Waals surface area (Å²) >= 11 is 0. The fourth-order valence-electron chi connectivity index (χ4n) is 1.65. The van der Waals surface area contributed by atoms with E-state index in [0.29, 0.717) is 5.52 Å². The molecular formula is C12H10FNO3. The van der Waals surface area contributed by atoms with Gasteiger partial charge in [-0.05, 0) is 24.3 Å². The Labute approximate surface area is 96.3 Å².